The molecule has 0 aliphatic carbocycles. The minimum absolute atomic E-state index is 0.0266. The summed E-state index contributed by atoms with van der Waals surface area (Å²) in [5.74, 6) is 1.50. The molecule has 3 aliphatic rings. The second-order valence-corrected chi connectivity index (χ2v) is 9.04. The Morgan fingerprint density at radius 3 is 2.44 bits per heavy atom. The van der Waals surface area contributed by atoms with Crippen LogP contribution in [0, 0.1) is 11.8 Å². The van der Waals surface area contributed by atoms with Crippen molar-refractivity contribution in [2.24, 2.45) is 11.8 Å². The van der Waals surface area contributed by atoms with E-state index in [1.54, 1.807) is 38.4 Å². The number of nitrogens with one attached hydrogen (secondary N) is 1. The molecule has 3 aliphatic heterocycles. The molecule has 0 aromatic heterocycles. The third-order valence-electron chi connectivity index (χ3n) is 7.22. The first-order valence-corrected chi connectivity index (χ1v) is 11.7. The van der Waals surface area contributed by atoms with E-state index in [2.05, 4.69) is 10.2 Å². The summed E-state index contributed by atoms with van der Waals surface area (Å²) < 4.78 is 16.2. The van der Waals surface area contributed by atoms with Crippen LogP contribution in [0.4, 0.5) is 5.69 Å². The third kappa shape index (κ3) is 4.51. The van der Waals surface area contributed by atoms with Gasteiger partial charge in [-0.1, -0.05) is 6.42 Å². The predicted octanol–water partition coefficient (Wildman–Crippen LogP) is 2.45. The van der Waals surface area contributed by atoms with E-state index in [4.69, 9.17) is 14.2 Å². The standard InChI is InChI=1S/C24H35N3O5/c1-30-20-12-18(13-21(31-2)23(20)32-3)27-15-17(11-22(27)28)24(29)25-14-16-7-6-10-26-9-5-4-8-19(16)26/h12-13,16-17,19H,4-11,14-15H2,1-3H3,(H,25,29)/t16-,17-,19+/m1/s1. The van der Waals surface area contributed by atoms with Crippen molar-refractivity contribution in [2.45, 2.75) is 44.6 Å². The number of carbonyl (C=O) groups excluding carboxylic acids is 2. The summed E-state index contributed by atoms with van der Waals surface area (Å²) in [6, 6.07) is 4.09. The van der Waals surface area contributed by atoms with Crippen LogP contribution in [-0.2, 0) is 9.59 Å². The number of hydrogen-bond acceptors (Lipinski definition) is 6. The highest BCUT2D eigenvalue weighted by molar-refractivity contribution is 6.00. The second kappa shape index (κ2) is 9.98. The Morgan fingerprint density at radius 1 is 1.03 bits per heavy atom. The molecule has 0 saturated carbocycles. The largest absolute Gasteiger partial charge is 0.493 e. The Morgan fingerprint density at radius 2 is 1.75 bits per heavy atom. The molecule has 4 rings (SSSR count). The SMILES string of the molecule is COc1cc(N2C[C@H](C(=O)NC[C@H]3CCCN4CCCC[C@@H]34)CC2=O)cc(OC)c1OC. The molecule has 1 N–H and O–H groups in total. The number of methoxy groups -OCH3 is 3. The van der Waals surface area contributed by atoms with Crippen molar-refractivity contribution in [3.63, 3.8) is 0 Å². The van der Waals surface area contributed by atoms with Gasteiger partial charge in [0.1, 0.15) is 0 Å². The van der Waals surface area contributed by atoms with Gasteiger partial charge in [-0.2, -0.15) is 0 Å². The minimum atomic E-state index is -0.354. The van der Waals surface area contributed by atoms with E-state index in [0.717, 1.165) is 0 Å². The highest BCUT2D eigenvalue weighted by atomic mass is 16.5. The smallest absolute Gasteiger partial charge is 0.227 e. The number of ether oxygens (including phenoxy) is 3. The normalized spacial score (nSPS) is 25.9. The minimum Gasteiger partial charge on any atom is -0.493 e. The van der Waals surface area contributed by atoms with E-state index in [1.165, 1.54) is 45.2 Å². The molecule has 0 spiro atoms. The number of rotatable bonds is 7. The van der Waals surface area contributed by atoms with Crippen molar-refractivity contribution in [1.29, 1.82) is 0 Å². The van der Waals surface area contributed by atoms with E-state index in [0.29, 0.717) is 48.0 Å². The molecular weight excluding hydrogens is 410 g/mol. The van der Waals surface area contributed by atoms with E-state index in [1.807, 2.05) is 0 Å². The van der Waals surface area contributed by atoms with Crippen LogP contribution < -0.4 is 24.4 Å². The monoisotopic (exact) mass is 445 g/mol. The summed E-state index contributed by atoms with van der Waals surface area (Å²) in [4.78, 5) is 30.0. The molecule has 3 heterocycles. The van der Waals surface area contributed by atoms with Crippen molar-refractivity contribution in [3.05, 3.63) is 12.1 Å². The maximum Gasteiger partial charge on any atom is 0.227 e. The molecule has 1 aromatic carbocycles. The molecule has 2 amide bonds. The van der Waals surface area contributed by atoms with Crippen molar-refractivity contribution < 1.29 is 23.8 Å². The number of hydrogen-bond donors (Lipinski definition) is 1. The molecule has 176 valence electrons. The Hall–Kier alpha value is -2.48. The lowest BCUT2D eigenvalue weighted by Gasteiger charge is -2.44. The fourth-order valence-electron chi connectivity index (χ4n) is 5.55. The van der Waals surface area contributed by atoms with Gasteiger partial charge >= 0.3 is 0 Å². The lowest BCUT2D eigenvalue weighted by molar-refractivity contribution is -0.126. The molecule has 32 heavy (non-hydrogen) atoms. The number of benzene rings is 1. The molecule has 8 nitrogen and oxygen atoms in total. The van der Waals surface area contributed by atoms with Crippen LogP contribution in [0.2, 0.25) is 0 Å². The van der Waals surface area contributed by atoms with Gasteiger partial charge in [0, 0.05) is 37.7 Å². The number of amides is 2. The van der Waals surface area contributed by atoms with Gasteiger partial charge in [0.05, 0.1) is 32.9 Å². The van der Waals surface area contributed by atoms with Crippen LogP contribution in [0.5, 0.6) is 17.2 Å². The fraction of sp³-hybridized carbons (Fsp3) is 0.667. The van der Waals surface area contributed by atoms with Crippen LogP contribution in [-0.4, -0.2) is 70.3 Å². The number of fused-ring (bicyclic) bond motifs is 1. The zero-order chi connectivity index (χ0) is 22.7. The van der Waals surface area contributed by atoms with E-state index in [9.17, 15) is 9.59 Å². The van der Waals surface area contributed by atoms with Gasteiger partial charge in [-0.15, -0.1) is 0 Å². The van der Waals surface area contributed by atoms with Crippen LogP contribution in [0.3, 0.4) is 0 Å². The third-order valence-corrected chi connectivity index (χ3v) is 7.22. The summed E-state index contributed by atoms with van der Waals surface area (Å²) in [5.41, 5.74) is 0.643. The molecule has 3 atom stereocenters. The zero-order valence-corrected chi connectivity index (χ0v) is 19.4. The van der Waals surface area contributed by atoms with Gasteiger partial charge in [-0.25, -0.2) is 0 Å². The lowest BCUT2D eigenvalue weighted by Crippen LogP contribution is -2.51. The van der Waals surface area contributed by atoms with Crippen LogP contribution >= 0.6 is 0 Å². The first kappa shape index (κ1) is 22.7. The summed E-state index contributed by atoms with van der Waals surface area (Å²) >= 11 is 0. The first-order chi connectivity index (χ1) is 15.5. The van der Waals surface area contributed by atoms with Crippen molar-refractivity contribution in [1.82, 2.24) is 10.2 Å². The van der Waals surface area contributed by atoms with Gasteiger partial charge in [-0.05, 0) is 44.7 Å². The molecule has 0 radical (unpaired) electrons. The van der Waals surface area contributed by atoms with E-state index in [-0.39, 0.29) is 24.2 Å². The highest BCUT2D eigenvalue weighted by Gasteiger charge is 2.37. The van der Waals surface area contributed by atoms with E-state index < -0.39 is 0 Å². The Balaban J connectivity index is 1.39. The Labute approximate surface area is 190 Å². The second-order valence-electron chi connectivity index (χ2n) is 9.04. The summed E-state index contributed by atoms with van der Waals surface area (Å²) in [6.07, 6.45) is 6.39. The van der Waals surface area contributed by atoms with Crippen molar-refractivity contribution in [2.75, 3.05) is 52.4 Å². The molecular formula is C24H35N3O5. The van der Waals surface area contributed by atoms with E-state index >= 15 is 0 Å². The first-order valence-electron chi connectivity index (χ1n) is 11.7. The summed E-state index contributed by atoms with van der Waals surface area (Å²) in [5, 5.41) is 3.17. The fourth-order valence-corrected chi connectivity index (χ4v) is 5.55. The average molecular weight is 446 g/mol. The van der Waals surface area contributed by atoms with Gasteiger partial charge < -0.3 is 29.3 Å². The molecule has 3 fully saturated rings. The molecule has 3 saturated heterocycles. The molecule has 1 aromatic rings. The van der Waals surface area contributed by atoms with Crippen LogP contribution in [0.15, 0.2) is 12.1 Å². The number of carbonyl (C=O) groups is 2. The lowest BCUT2D eigenvalue weighted by atomic mass is 9.83. The van der Waals surface area contributed by atoms with Gasteiger partial charge in [0.2, 0.25) is 17.6 Å². The van der Waals surface area contributed by atoms with Gasteiger partial charge in [-0.3, -0.25) is 9.59 Å². The number of piperidine rings is 2. The maximum atomic E-state index is 12.9. The Kier molecular flexibility index (Phi) is 7.08. The van der Waals surface area contributed by atoms with Gasteiger partial charge in [0.15, 0.2) is 11.5 Å². The number of anilines is 1. The summed E-state index contributed by atoms with van der Waals surface area (Å²) in [7, 11) is 4.63. The quantitative estimate of drug-likeness (QED) is 0.695. The van der Waals surface area contributed by atoms with Crippen LogP contribution in [0.1, 0.15) is 38.5 Å². The predicted molar refractivity (Wildman–Crippen MR) is 122 cm³/mol. The van der Waals surface area contributed by atoms with Crippen molar-refractivity contribution >= 4 is 17.5 Å². The zero-order valence-electron chi connectivity index (χ0n) is 19.4. The number of nitrogens with zero attached hydrogens (tertiary/aromatic N) is 2. The Bertz CT molecular complexity index is 818. The average Bonchev–Trinajstić information content (AvgIpc) is 3.23. The van der Waals surface area contributed by atoms with Gasteiger partial charge in [0.25, 0.3) is 0 Å². The maximum absolute atomic E-state index is 12.9. The van der Waals surface area contributed by atoms with Crippen molar-refractivity contribution in [3.8, 4) is 17.2 Å². The molecule has 0 bridgehead atoms. The summed E-state index contributed by atoms with van der Waals surface area (Å²) in [6.45, 7) is 3.43. The molecule has 8 heteroatoms. The molecule has 0 unspecified atom stereocenters. The van der Waals surface area contributed by atoms with Crippen LogP contribution in [0.25, 0.3) is 0 Å². The topological polar surface area (TPSA) is 80.3 Å². The highest BCUT2D eigenvalue weighted by Crippen LogP contribution is 2.42.